The molecule has 0 atom stereocenters. The molecular formula is C31H28ClN5O2S2. The average molecular weight is 602 g/mol. The standard InChI is InChI=1S/C31H28ClN5O2S2/c1-20-8-10-22(11-9-20)19-37-30(39)26(41-31(37)40)18-25-28(33-27-21(2)5-4-12-36(27)29(25)38)35-15-13-34(14-16-35)24-7-3-6-23(32)17-24/h3-12,17-18H,13-16,19H2,1-2H3/b26-18-. The Labute approximate surface area is 253 Å². The van der Waals surface area contributed by atoms with Gasteiger partial charge in [0.25, 0.3) is 11.5 Å². The number of hydrogen-bond acceptors (Lipinski definition) is 7. The Balaban J connectivity index is 1.35. The Morgan fingerprint density at radius 3 is 2.44 bits per heavy atom. The average Bonchev–Trinajstić information content (AvgIpc) is 3.23. The van der Waals surface area contributed by atoms with Crippen LogP contribution in [0.1, 0.15) is 22.3 Å². The van der Waals surface area contributed by atoms with Gasteiger partial charge in [-0.1, -0.05) is 77.5 Å². The third kappa shape index (κ3) is 5.49. The van der Waals surface area contributed by atoms with Crippen LogP contribution >= 0.6 is 35.6 Å². The van der Waals surface area contributed by atoms with Gasteiger partial charge in [0.05, 0.1) is 17.0 Å². The number of anilines is 2. The second-order valence-electron chi connectivity index (χ2n) is 10.2. The highest BCUT2D eigenvalue weighted by Crippen LogP contribution is 2.35. The van der Waals surface area contributed by atoms with Crippen molar-refractivity contribution >= 4 is 69.0 Å². The van der Waals surface area contributed by atoms with Gasteiger partial charge in [0.1, 0.15) is 15.8 Å². The van der Waals surface area contributed by atoms with Crippen LogP contribution in [-0.2, 0) is 11.3 Å². The lowest BCUT2D eigenvalue weighted by atomic mass is 10.1. The monoisotopic (exact) mass is 601 g/mol. The molecule has 2 aliphatic heterocycles. The van der Waals surface area contributed by atoms with Crippen LogP contribution in [-0.4, -0.2) is 50.7 Å². The molecule has 0 saturated carbocycles. The Kier molecular flexibility index (Phi) is 7.59. The van der Waals surface area contributed by atoms with Gasteiger partial charge in [-0.3, -0.25) is 18.9 Å². The molecule has 10 heteroatoms. The summed E-state index contributed by atoms with van der Waals surface area (Å²) in [5, 5.41) is 0.701. The van der Waals surface area contributed by atoms with E-state index in [4.69, 9.17) is 28.8 Å². The molecule has 0 spiro atoms. The molecular weight excluding hydrogens is 574 g/mol. The van der Waals surface area contributed by atoms with Crippen LogP contribution in [0.25, 0.3) is 11.7 Å². The van der Waals surface area contributed by atoms with Crippen molar-refractivity contribution in [1.29, 1.82) is 0 Å². The molecule has 1 amide bonds. The molecule has 2 aromatic carbocycles. The van der Waals surface area contributed by atoms with E-state index in [9.17, 15) is 9.59 Å². The molecule has 41 heavy (non-hydrogen) atoms. The van der Waals surface area contributed by atoms with Crippen molar-refractivity contribution < 1.29 is 4.79 Å². The first-order chi connectivity index (χ1) is 19.8. The summed E-state index contributed by atoms with van der Waals surface area (Å²) in [4.78, 5) is 38.8. The number of pyridine rings is 1. The van der Waals surface area contributed by atoms with Crippen LogP contribution in [0.3, 0.4) is 0 Å². The number of rotatable bonds is 5. The normalized spacial score (nSPS) is 16.9. The molecule has 4 heterocycles. The first kappa shape index (κ1) is 27.5. The summed E-state index contributed by atoms with van der Waals surface area (Å²) in [7, 11) is 0. The smallest absolute Gasteiger partial charge is 0.267 e. The zero-order valence-electron chi connectivity index (χ0n) is 22.7. The van der Waals surface area contributed by atoms with Gasteiger partial charge in [-0.2, -0.15) is 0 Å². The fraction of sp³-hybridized carbons (Fsp3) is 0.226. The van der Waals surface area contributed by atoms with Crippen LogP contribution in [0.15, 0.2) is 76.6 Å². The van der Waals surface area contributed by atoms with E-state index in [1.54, 1.807) is 21.6 Å². The predicted molar refractivity (Wildman–Crippen MR) is 172 cm³/mol. The minimum Gasteiger partial charge on any atom is -0.368 e. The van der Waals surface area contributed by atoms with Gasteiger partial charge in [0.15, 0.2) is 0 Å². The zero-order chi connectivity index (χ0) is 28.7. The van der Waals surface area contributed by atoms with Crippen molar-refractivity contribution in [2.75, 3.05) is 36.0 Å². The maximum absolute atomic E-state index is 13.9. The van der Waals surface area contributed by atoms with Crippen molar-refractivity contribution in [2.24, 2.45) is 0 Å². The molecule has 2 saturated heterocycles. The van der Waals surface area contributed by atoms with E-state index < -0.39 is 0 Å². The molecule has 0 bridgehead atoms. The fourth-order valence-corrected chi connectivity index (χ4v) is 6.58. The van der Waals surface area contributed by atoms with Crippen molar-refractivity contribution in [3.8, 4) is 0 Å². The predicted octanol–water partition coefficient (Wildman–Crippen LogP) is 5.69. The summed E-state index contributed by atoms with van der Waals surface area (Å²) in [5.74, 6) is 0.380. The number of carbonyl (C=O) groups excluding carboxylic acids is 1. The molecule has 2 fully saturated rings. The van der Waals surface area contributed by atoms with Gasteiger partial charge in [0.2, 0.25) is 0 Å². The van der Waals surface area contributed by atoms with E-state index in [0.717, 1.165) is 35.5 Å². The third-order valence-corrected chi connectivity index (χ3v) is 9.04. The molecule has 0 aliphatic carbocycles. The minimum atomic E-state index is -0.213. The summed E-state index contributed by atoms with van der Waals surface area (Å²) in [6.45, 7) is 7.17. The van der Waals surface area contributed by atoms with E-state index in [-0.39, 0.29) is 11.5 Å². The highest BCUT2D eigenvalue weighted by Gasteiger charge is 2.33. The summed E-state index contributed by atoms with van der Waals surface area (Å²) in [6, 6.07) is 19.6. The van der Waals surface area contributed by atoms with E-state index in [2.05, 4.69) is 15.9 Å². The number of aryl methyl sites for hydroxylation is 2. The number of fused-ring (bicyclic) bond motifs is 1. The Morgan fingerprint density at radius 1 is 0.976 bits per heavy atom. The molecule has 0 radical (unpaired) electrons. The lowest BCUT2D eigenvalue weighted by Crippen LogP contribution is -2.47. The molecule has 7 nitrogen and oxygen atoms in total. The Bertz CT molecular complexity index is 1760. The molecule has 4 aromatic rings. The lowest BCUT2D eigenvalue weighted by molar-refractivity contribution is -0.122. The molecule has 6 rings (SSSR count). The fourth-order valence-electron chi connectivity index (χ4n) is 5.16. The van der Waals surface area contributed by atoms with Gasteiger partial charge < -0.3 is 9.80 Å². The number of piperazine rings is 1. The Morgan fingerprint density at radius 2 is 1.71 bits per heavy atom. The zero-order valence-corrected chi connectivity index (χ0v) is 25.1. The van der Waals surface area contributed by atoms with Crippen LogP contribution in [0.5, 0.6) is 0 Å². The van der Waals surface area contributed by atoms with Gasteiger partial charge in [-0.05, 0) is 55.3 Å². The van der Waals surface area contributed by atoms with Crippen LogP contribution in [0, 0.1) is 13.8 Å². The second-order valence-corrected chi connectivity index (χ2v) is 12.4. The maximum Gasteiger partial charge on any atom is 0.267 e. The van der Waals surface area contributed by atoms with Crippen LogP contribution in [0.4, 0.5) is 11.5 Å². The van der Waals surface area contributed by atoms with Gasteiger partial charge in [0, 0.05) is 43.1 Å². The summed E-state index contributed by atoms with van der Waals surface area (Å²) < 4.78 is 2.03. The van der Waals surface area contributed by atoms with Gasteiger partial charge in [-0.15, -0.1) is 0 Å². The maximum atomic E-state index is 13.9. The molecule has 2 aliphatic rings. The number of thioether (sulfide) groups is 1. The van der Waals surface area contributed by atoms with Crippen molar-refractivity contribution in [1.82, 2.24) is 14.3 Å². The SMILES string of the molecule is Cc1ccc(CN2C(=O)/C(=C/c3c(N4CCN(c5cccc(Cl)c5)CC4)nc4c(C)cccn4c3=O)SC2=S)cc1. The van der Waals surface area contributed by atoms with E-state index in [1.165, 1.54) is 11.8 Å². The number of benzene rings is 2. The lowest BCUT2D eigenvalue weighted by Gasteiger charge is -2.37. The van der Waals surface area contributed by atoms with E-state index >= 15 is 0 Å². The highest BCUT2D eigenvalue weighted by molar-refractivity contribution is 8.26. The third-order valence-electron chi connectivity index (χ3n) is 7.43. The quantitative estimate of drug-likeness (QED) is 0.215. The highest BCUT2D eigenvalue weighted by atomic mass is 35.5. The number of halogens is 1. The number of aromatic nitrogens is 2. The summed E-state index contributed by atoms with van der Waals surface area (Å²) >= 11 is 13.0. The van der Waals surface area contributed by atoms with Crippen molar-refractivity contribution in [3.05, 3.63) is 109 Å². The van der Waals surface area contributed by atoms with Crippen molar-refractivity contribution in [2.45, 2.75) is 20.4 Å². The molecule has 2 aromatic heterocycles. The topological polar surface area (TPSA) is 61.2 Å². The largest absolute Gasteiger partial charge is 0.368 e. The number of nitrogens with zero attached hydrogens (tertiary/aromatic N) is 5. The number of amides is 1. The Hall–Kier alpha value is -3.66. The minimum absolute atomic E-state index is 0.203. The summed E-state index contributed by atoms with van der Waals surface area (Å²) in [6.07, 6.45) is 3.40. The van der Waals surface area contributed by atoms with Crippen LogP contribution < -0.4 is 15.4 Å². The van der Waals surface area contributed by atoms with Gasteiger partial charge >= 0.3 is 0 Å². The first-order valence-electron chi connectivity index (χ1n) is 13.4. The number of thiocarbonyl (C=S) groups is 1. The molecule has 0 unspecified atom stereocenters. The van der Waals surface area contributed by atoms with E-state index in [1.807, 2.05) is 68.4 Å². The number of hydrogen-bond donors (Lipinski definition) is 0. The molecule has 208 valence electrons. The number of carbonyl (C=O) groups is 1. The first-order valence-corrected chi connectivity index (χ1v) is 15.0. The van der Waals surface area contributed by atoms with Crippen LogP contribution in [0.2, 0.25) is 5.02 Å². The molecule has 0 N–H and O–H groups in total. The van der Waals surface area contributed by atoms with Gasteiger partial charge in [-0.25, -0.2) is 4.98 Å². The van der Waals surface area contributed by atoms with E-state index in [0.29, 0.717) is 50.9 Å². The second kappa shape index (κ2) is 11.3. The van der Waals surface area contributed by atoms with Crippen molar-refractivity contribution in [3.63, 3.8) is 0 Å². The summed E-state index contributed by atoms with van der Waals surface area (Å²) in [5.41, 5.74) is 4.90.